The molecule has 0 aliphatic carbocycles. The van der Waals surface area contributed by atoms with Crippen molar-refractivity contribution in [1.29, 1.82) is 0 Å². The SMILES string of the molecule is Cc1cccc(C(=O)Oc2c(/C=N/NC(=O)c3ccccc3O)cccc2[N+](=O)[O-])c1. The molecule has 0 saturated carbocycles. The van der Waals surface area contributed by atoms with E-state index in [0.717, 1.165) is 11.8 Å². The lowest BCUT2D eigenvalue weighted by molar-refractivity contribution is -0.385. The average Bonchev–Trinajstić information content (AvgIpc) is 2.74. The van der Waals surface area contributed by atoms with E-state index in [4.69, 9.17) is 4.74 Å². The number of phenols is 1. The number of ether oxygens (including phenoxy) is 1. The van der Waals surface area contributed by atoms with E-state index in [1.807, 2.05) is 0 Å². The Morgan fingerprint density at radius 3 is 2.55 bits per heavy atom. The molecule has 9 heteroatoms. The Hall–Kier alpha value is -4.53. The number of esters is 1. The van der Waals surface area contributed by atoms with E-state index in [2.05, 4.69) is 10.5 Å². The molecule has 0 heterocycles. The van der Waals surface area contributed by atoms with Crippen molar-refractivity contribution in [2.75, 3.05) is 0 Å². The predicted octanol–water partition coefficient (Wildman–Crippen LogP) is 3.59. The molecule has 0 spiro atoms. The van der Waals surface area contributed by atoms with Gasteiger partial charge in [0.25, 0.3) is 5.91 Å². The first-order chi connectivity index (χ1) is 14.9. The minimum absolute atomic E-state index is 0.00444. The maximum absolute atomic E-state index is 12.5. The minimum Gasteiger partial charge on any atom is -0.507 e. The zero-order valence-electron chi connectivity index (χ0n) is 16.3. The predicted molar refractivity (Wildman–Crippen MR) is 112 cm³/mol. The minimum atomic E-state index is -0.772. The number of nitro groups is 1. The highest BCUT2D eigenvalue weighted by molar-refractivity contribution is 5.98. The maximum atomic E-state index is 12.5. The summed E-state index contributed by atoms with van der Waals surface area (Å²) in [7, 11) is 0. The number of amides is 1. The lowest BCUT2D eigenvalue weighted by Crippen LogP contribution is -2.18. The Balaban J connectivity index is 1.86. The Morgan fingerprint density at radius 2 is 1.84 bits per heavy atom. The largest absolute Gasteiger partial charge is 0.507 e. The number of aromatic hydroxyl groups is 1. The monoisotopic (exact) mass is 419 g/mol. The molecule has 0 aliphatic rings. The summed E-state index contributed by atoms with van der Waals surface area (Å²) in [6.45, 7) is 1.80. The number of nitrogens with zero attached hydrogens (tertiary/aromatic N) is 2. The van der Waals surface area contributed by atoms with E-state index in [0.29, 0.717) is 0 Å². The molecule has 3 rings (SSSR count). The number of carbonyl (C=O) groups is 2. The molecular formula is C22H17N3O6. The van der Waals surface area contributed by atoms with Crippen LogP contribution in [0, 0.1) is 17.0 Å². The number of phenolic OH excluding ortho intramolecular Hbond substituents is 1. The molecule has 156 valence electrons. The van der Waals surface area contributed by atoms with Crippen LogP contribution in [0.5, 0.6) is 11.5 Å². The van der Waals surface area contributed by atoms with E-state index in [1.54, 1.807) is 37.3 Å². The molecule has 1 amide bonds. The lowest BCUT2D eigenvalue weighted by Gasteiger charge is -2.08. The molecule has 0 aliphatic heterocycles. The van der Waals surface area contributed by atoms with Crippen LogP contribution in [0.2, 0.25) is 0 Å². The second-order valence-corrected chi connectivity index (χ2v) is 6.43. The number of para-hydroxylation sites is 2. The first kappa shape index (κ1) is 21.2. The zero-order chi connectivity index (χ0) is 22.4. The van der Waals surface area contributed by atoms with Gasteiger partial charge >= 0.3 is 11.7 Å². The fraction of sp³-hybridized carbons (Fsp3) is 0.0455. The maximum Gasteiger partial charge on any atom is 0.343 e. The van der Waals surface area contributed by atoms with Gasteiger partial charge in [-0.3, -0.25) is 14.9 Å². The number of benzene rings is 3. The fourth-order valence-corrected chi connectivity index (χ4v) is 2.71. The van der Waals surface area contributed by atoms with Gasteiger partial charge in [-0.15, -0.1) is 0 Å². The number of carbonyl (C=O) groups excluding carboxylic acids is 2. The fourth-order valence-electron chi connectivity index (χ4n) is 2.71. The normalized spacial score (nSPS) is 10.6. The summed E-state index contributed by atoms with van der Waals surface area (Å²) in [5, 5.41) is 24.9. The Kier molecular flexibility index (Phi) is 6.36. The Bertz CT molecular complexity index is 1190. The van der Waals surface area contributed by atoms with Crippen LogP contribution in [-0.4, -0.2) is 28.1 Å². The first-order valence-electron chi connectivity index (χ1n) is 9.04. The van der Waals surface area contributed by atoms with Gasteiger partial charge < -0.3 is 9.84 Å². The van der Waals surface area contributed by atoms with Crippen LogP contribution in [0.4, 0.5) is 5.69 Å². The third-order valence-electron chi connectivity index (χ3n) is 4.19. The van der Waals surface area contributed by atoms with Gasteiger partial charge in [0.15, 0.2) is 0 Å². The van der Waals surface area contributed by atoms with E-state index < -0.39 is 22.5 Å². The quantitative estimate of drug-likeness (QED) is 0.206. The van der Waals surface area contributed by atoms with E-state index in [-0.39, 0.29) is 28.2 Å². The molecule has 0 bridgehead atoms. The van der Waals surface area contributed by atoms with Crippen LogP contribution >= 0.6 is 0 Å². The third-order valence-corrected chi connectivity index (χ3v) is 4.19. The van der Waals surface area contributed by atoms with Crippen LogP contribution in [0.25, 0.3) is 0 Å². The molecule has 3 aromatic rings. The highest BCUT2D eigenvalue weighted by atomic mass is 16.6. The standard InChI is InChI=1S/C22H17N3O6/c1-14-6-4-7-15(12-14)22(28)31-20-16(8-5-10-18(20)25(29)30)13-23-24-21(27)17-9-2-3-11-19(17)26/h2-13,26H,1H3,(H,24,27)/b23-13+. The van der Waals surface area contributed by atoms with Crippen molar-refractivity contribution in [3.8, 4) is 11.5 Å². The molecule has 0 aromatic heterocycles. The second-order valence-electron chi connectivity index (χ2n) is 6.43. The zero-order valence-corrected chi connectivity index (χ0v) is 16.3. The summed E-state index contributed by atoms with van der Waals surface area (Å²) in [6.07, 6.45) is 1.11. The summed E-state index contributed by atoms with van der Waals surface area (Å²) < 4.78 is 5.32. The summed E-state index contributed by atoms with van der Waals surface area (Å²) in [5.74, 6) is -1.98. The molecule has 0 atom stereocenters. The van der Waals surface area contributed by atoms with Crippen LogP contribution in [0.15, 0.2) is 71.8 Å². The molecular weight excluding hydrogens is 402 g/mol. The van der Waals surface area contributed by atoms with Crippen LogP contribution < -0.4 is 10.2 Å². The molecule has 9 nitrogen and oxygen atoms in total. The number of hydrogen-bond acceptors (Lipinski definition) is 7. The molecule has 31 heavy (non-hydrogen) atoms. The first-order valence-corrected chi connectivity index (χ1v) is 9.04. The number of nitro benzene ring substituents is 1. The van der Waals surface area contributed by atoms with Gasteiger partial charge in [0.2, 0.25) is 5.75 Å². The lowest BCUT2D eigenvalue weighted by atomic mass is 10.1. The molecule has 0 fully saturated rings. The molecule has 0 saturated heterocycles. The molecule has 0 unspecified atom stereocenters. The van der Waals surface area contributed by atoms with Gasteiger partial charge in [0.1, 0.15) is 5.75 Å². The summed E-state index contributed by atoms with van der Waals surface area (Å²) in [5.41, 5.74) is 2.95. The van der Waals surface area contributed by atoms with E-state index in [9.17, 15) is 24.8 Å². The van der Waals surface area contributed by atoms with Gasteiger partial charge in [-0.25, -0.2) is 10.2 Å². The third kappa shape index (κ3) is 5.10. The summed E-state index contributed by atoms with van der Waals surface area (Å²) in [4.78, 5) is 35.4. The van der Waals surface area contributed by atoms with Crippen molar-refractivity contribution in [2.45, 2.75) is 6.92 Å². The second kappa shape index (κ2) is 9.31. The van der Waals surface area contributed by atoms with Crippen LogP contribution in [0.1, 0.15) is 31.8 Å². The molecule has 2 N–H and O–H groups in total. The number of nitrogens with one attached hydrogen (secondary N) is 1. The van der Waals surface area contributed by atoms with Crippen molar-refractivity contribution in [2.24, 2.45) is 5.10 Å². The van der Waals surface area contributed by atoms with Gasteiger partial charge in [-0.05, 0) is 37.3 Å². The van der Waals surface area contributed by atoms with Crippen molar-refractivity contribution in [3.63, 3.8) is 0 Å². The van der Waals surface area contributed by atoms with E-state index >= 15 is 0 Å². The smallest absolute Gasteiger partial charge is 0.343 e. The molecule has 3 aromatic carbocycles. The summed E-state index contributed by atoms with van der Waals surface area (Å²) in [6, 6.07) is 16.5. The number of hydrazone groups is 1. The van der Waals surface area contributed by atoms with Crippen molar-refractivity contribution in [1.82, 2.24) is 5.43 Å². The number of hydrogen-bond donors (Lipinski definition) is 2. The van der Waals surface area contributed by atoms with Crippen LogP contribution in [-0.2, 0) is 0 Å². The Labute approximate surface area is 176 Å². The average molecular weight is 419 g/mol. The van der Waals surface area contributed by atoms with Gasteiger partial charge in [-0.2, -0.15) is 5.10 Å². The summed E-state index contributed by atoms with van der Waals surface area (Å²) >= 11 is 0. The Morgan fingerprint density at radius 1 is 1.10 bits per heavy atom. The van der Waals surface area contributed by atoms with Crippen molar-refractivity contribution >= 4 is 23.8 Å². The van der Waals surface area contributed by atoms with Crippen molar-refractivity contribution < 1.29 is 24.4 Å². The van der Waals surface area contributed by atoms with Crippen molar-refractivity contribution in [3.05, 3.63) is 99.1 Å². The van der Waals surface area contributed by atoms with Gasteiger partial charge in [0, 0.05) is 11.6 Å². The molecule has 0 radical (unpaired) electrons. The van der Waals surface area contributed by atoms with Crippen LogP contribution in [0.3, 0.4) is 0 Å². The highest BCUT2D eigenvalue weighted by Gasteiger charge is 2.22. The topological polar surface area (TPSA) is 131 Å². The number of aryl methyl sites for hydroxylation is 1. The van der Waals surface area contributed by atoms with E-state index in [1.165, 1.54) is 36.4 Å². The van der Waals surface area contributed by atoms with Gasteiger partial charge in [-0.1, -0.05) is 35.9 Å². The highest BCUT2D eigenvalue weighted by Crippen LogP contribution is 2.30. The van der Waals surface area contributed by atoms with Gasteiger partial charge in [0.05, 0.1) is 22.3 Å². The number of rotatable bonds is 6.